The Bertz CT molecular complexity index is 487. The first-order valence-electron chi connectivity index (χ1n) is 5.60. The minimum Gasteiger partial charge on any atom is -0.378 e. The summed E-state index contributed by atoms with van der Waals surface area (Å²) in [7, 11) is 0. The summed E-state index contributed by atoms with van der Waals surface area (Å²) in [6.07, 6.45) is 3.77. The van der Waals surface area contributed by atoms with Crippen LogP contribution < -0.4 is 4.90 Å². The molecule has 0 atom stereocenters. The van der Waals surface area contributed by atoms with Crippen LogP contribution in [0.1, 0.15) is 0 Å². The first-order chi connectivity index (χ1) is 7.95. The highest BCUT2D eigenvalue weighted by molar-refractivity contribution is 5.93. The lowest BCUT2D eigenvalue weighted by molar-refractivity contribution is 0.123. The molecule has 1 fully saturated rings. The third-order valence-corrected chi connectivity index (χ3v) is 3.01. The van der Waals surface area contributed by atoms with Crippen LogP contribution in [0.4, 0.5) is 5.69 Å². The predicted octanol–water partition coefficient (Wildman–Crippen LogP) is 2.07. The first-order valence-corrected chi connectivity index (χ1v) is 5.60. The van der Waals surface area contributed by atoms with Crippen LogP contribution >= 0.6 is 0 Å². The number of ether oxygens (including phenoxy) is 1. The summed E-state index contributed by atoms with van der Waals surface area (Å²) in [6, 6.07) is 8.45. The molecule has 0 aliphatic carbocycles. The van der Waals surface area contributed by atoms with Gasteiger partial charge in [-0.1, -0.05) is 12.1 Å². The van der Waals surface area contributed by atoms with E-state index in [4.69, 9.17) is 4.74 Å². The first kappa shape index (κ1) is 9.60. The molecule has 1 aromatic carbocycles. The molecule has 1 aromatic heterocycles. The summed E-state index contributed by atoms with van der Waals surface area (Å²) in [5.41, 5.74) is 1.29. The van der Waals surface area contributed by atoms with Crippen LogP contribution in [-0.4, -0.2) is 31.3 Å². The number of morpholine rings is 1. The van der Waals surface area contributed by atoms with E-state index in [0.717, 1.165) is 26.3 Å². The predicted molar refractivity (Wildman–Crippen MR) is 64.8 cm³/mol. The molecule has 0 bridgehead atoms. The lowest BCUT2D eigenvalue weighted by Gasteiger charge is -2.29. The van der Waals surface area contributed by atoms with Gasteiger partial charge in [0.25, 0.3) is 0 Å². The Kier molecular flexibility index (Phi) is 2.46. The third-order valence-electron chi connectivity index (χ3n) is 3.01. The number of benzene rings is 1. The zero-order valence-electron chi connectivity index (χ0n) is 9.10. The van der Waals surface area contributed by atoms with E-state index in [1.807, 2.05) is 12.4 Å². The van der Waals surface area contributed by atoms with E-state index >= 15 is 0 Å². The van der Waals surface area contributed by atoms with Crippen LogP contribution in [-0.2, 0) is 4.74 Å². The Hall–Kier alpha value is -1.61. The van der Waals surface area contributed by atoms with Gasteiger partial charge in [-0.2, -0.15) is 0 Å². The molecule has 3 heteroatoms. The molecule has 0 spiro atoms. The van der Waals surface area contributed by atoms with Crippen molar-refractivity contribution in [1.82, 2.24) is 4.98 Å². The van der Waals surface area contributed by atoms with E-state index in [2.05, 4.69) is 34.1 Å². The van der Waals surface area contributed by atoms with E-state index in [1.54, 1.807) is 0 Å². The number of anilines is 1. The zero-order valence-corrected chi connectivity index (χ0v) is 9.10. The summed E-state index contributed by atoms with van der Waals surface area (Å²) < 4.78 is 5.38. The van der Waals surface area contributed by atoms with E-state index in [0.29, 0.717) is 0 Å². The second-order valence-electron chi connectivity index (χ2n) is 3.97. The third kappa shape index (κ3) is 1.63. The molecular formula is C13H14N2O. The molecular weight excluding hydrogens is 200 g/mol. The highest BCUT2D eigenvalue weighted by Gasteiger charge is 2.13. The zero-order chi connectivity index (χ0) is 10.8. The molecule has 0 amide bonds. The average Bonchev–Trinajstić information content (AvgIpc) is 2.39. The summed E-state index contributed by atoms with van der Waals surface area (Å²) in [6.45, 7) is 3.59. The molecule has 3 nitrogen and oxygen atoms in total. The van der Waals surface area contributed by atoms with Gasteiger partial charge in [-0.3, -0.25) is 4.98 Å². The average molecular weight is 214 g/mol. The highest BCUT2D eigenvalue weighted by Crippen LogP contribution is 2.26. The maximum absolute atomic E-state index is 5.38. The van der Waals surface area contributed by atoms with Crippen LogP contribution in [0.5, 0.6) is 0 Å². The van der Waals surface area contributed by atoms with Crippen LogP contribution in [0.2, 0.25) is 0 Å². The van der Waals surface area contributed by atoms with Crippen LogP contribution in [0, 0.1) is 0 Å². The number of rotatable bonds is 1. The van der Waals surface area contributed by atoms with Gasteiger partial charge in [-0.25, -0.2) is 0 Å². The summed E-state index contributed by atoms with van der Waals surface area (Å²) in [4.78, 5) is 6.54. The smallest absolute Gasteiger partial charge is 0.0642 e. The highest BCUT2D eigenvalue weighted by atomic mass is 16.5. The van der Waals surface area contributed by atoms with Crippen LogP contribution in [0.25, 0.3) is 10.8 Å². The van der Waals surface area contributed by atoms with Gasteiger partial charge in [0.05, 0.1) is 13.2 Å². The summed E-state index contributed by atoms with van der Waals surface area (Å²) in [5.74, 6) is 0. The van der Waals surface area contributed by atoms with Gasteiger partial charge in [0.1, 0.15) is 0 Å². The van der Waals surface area contributed by atoms with Crippen molar-refractivity contribution >= 4 is 16.5 Å². The molecule has 82 valence electrons. The molecule has 2 aromatic rings. The molecule has 1 aliphatic heterocycles. The fourth-order valence-electron chi connectivity index (χ4n) is 2.19. The Morgan fingerprint density at radius 1 is 1.12 bits per heavy atom. The van der Waals surface area contributed by atoms with Crippen molar-refractivity contribution < 1.29 is 4.74 Å². The van der Waals surface area contributed by atoms with Crippen molar-refractivity contribution in [2.45, 2.75) is 0 Å². The normalized spacial score (nSPS) is 16.6. The molecule has 0 saturated carbocycles. The maximum Gasteiger partial charge on any atom is 0.0642 e. The van der Waals surface area contributed by atoms with Crippen molar-refractivity contribution in [3.8, 4) is 0 Å². The molecule has 0 radical (unpaired) electrons. The summed E-state index contributed by atoms with van der Waals surface area (Å²) >= 11 is 0. The Labute approximate surface area is 94.7 Å². The lowest BCUT2D eigenvalue weighted by Crippen LogP contribution is -2.36. The van der Waals surface area contributed by atoms with Crippen molar-refractivity contribution in [1.29, 1.82) is 0 Å². The fraction of sp³-hybridized carbons (Fsp3) is 0.308. The molecule has 1 aliphatic rings. The number of hydrogen-bond acceptors (Lipinski definition) is 3. The van der Waals surface area contributed by atoms with E-state index in [1.165, 1.54) is 16.5 Å². The number of nitrogens with zero attached hydrogens (tertiary/aromatic N) is 2. The van der Waals surface area contributed by atoms with Gasteiger partial charge >= 0.3 is 0 Å². The molecule has 16 heavy (non-hydrogen) atoms. The standard InChI is InChI=1S/C13H14N2O/c1-2-11-10-14-5-4-12(11)13(3-1)15-6-8-16-9-7-15/h1-5,10H,6-9H2. The van der Waals surface area contributed by atoms with Crippen molar-refractivity contribution in [2.75, 3.05) is 31.2 Å². The van der Waals surface area contributed by atoms with Gasteiger partial charge in [-0.05, 0) is 12.1 Å². The minimum atomic E-state index is 0.821. The van der Waals surface area contributed by atoms with Crippen LogP contribution in [0.3, 0.4) is 0 Å². The second-order valence-corrected chi connectivity index (χ2v) is 3.97. The van der Waals surface area contributed by atoms with Gasteiger partial charge in [0, 0.05) is 41.9 Å². The van der Waals surface area contributed by atoms with Gasteiger partial charge in [0.2, 0.25) is 0 Å². The Morgan fingerprint density at radius 2 is 2.00 bits per heavy atom. The molecule has 2 heterocycles. The van der Waals surface area contributed by atoms with Crippen LogP contribution in [0.15, 0.2) is 36.7 Å². The van der Waals surface area contributed by atoms with E-state index in [9.17, 15) is 0 Å². The van der Waals surface area contributed by atoms with Crippen molar-refractivity contribution in [2.24, 2.45) is 0 Å². The summed E-state index contributed by atoms with van der Waals surface area (Å²) in [5, 5.41) is 2.48. The number of fused-ring (bicyclic) bond motifs is 1. The Morgan fingerprint density at radius 3 is 2.88 bits per heavy atom. The monoisotopic (exact) mass is 214 g/mol. The molecule has 3 rings (SSSR count). The Balaban J connectivity index is 2.08. The quantitative estimate of drug-likeness (QED) is 0.726. The molecule has 1 saturated heterocycles. The van der Waals surface area contributed by atoms with E-state index < -0.39 is 0 Å². The van der Waals surface area contributed by atoms with Gasteiger partial charge < -0.3 is 9.64 Å². The lowest BCUT2D eigenvalue weighted by atomic mass is 10.1. The minimum absolute atomic E-state index is 0.821. The number of pyridine rings is 1. The number of aromatic nitrogens is 1. The van der Waals surface area contributed by atoms with Gasteiger partial charge in [0.15, 0.2) is 0 Å². The van der Waals surface area contributed by atoms with E-state index in [-0.39, 0.29) is 0 Å². The second kappa shape index (κ2) is 4.10. The van der Waals surface area contributed by atoms with Gasteiger partial charge in [-0.15, -0.1) is 0 Å². The molecule has 0 N–H and O–H groups in total. The molecule has 0 unspecified atom stereocenters. The largest absolute Gasteiger partial charge is 0.378 e. The van der Waals surface area contributed by atoms with Crippen molar-refractivity contribution in [3.63, 3.8) is 0 Å². The topological polar surface area (TPSA) is 25.4 Å². The maximum atomic E-state index is 5.38. The van der Waals surface area contributed by atoms with Crippen molar-refractivity contribution in [3.05, 3.63) is 36.7 Å². The number of hydrogen-bond donors (Lipinski definition) is 0. The fourth-order valence-corrected chi connectivity index (χ4v) is 2.19. The SMILES string of the molecule is c1cc(N2CCOCC2)c2ccncc2c1.